The van der Waals surface area contributed by atoms with Crippen molar-refractivity contribution in [2.24, 2.45) is 0 Å². The molecule has 0 amide bonds. The Balaban J connectivity index is 1.22. The molecule has 1 saturated carbocycles. The summed E-state index contributed by atoms with van der Waals surface area (Å²) in [6.45, 7) is 0.0442. The smallest absolute Gasteiger partial charge is 0.478 e. The topological polar surface area (TPSA) is 88.3 Å². The van der Waals surface area contributed by atoms with Gasteiger partial charge in [0.1, 0.15) is 34.4 Å². The van der Waals surface area contributed by atoms with E-state index >= 15 is 4.39 Å². The number of carbonyl (C=O) groups is 1. The van der Waals surface area contributed by atoms with Gasteiger partial charge in [-0.1, -0.05) is 17.3 Å². The fraction of sp³-hybridized carbons (Fsp3) is 0.448. The first-order chi connectivity index (χ1) is 20.1. The van der Waals surface area contributed by atoms with Gasteiger partial charge in [-0.2, -0.15) is 5.01 Å². The minimum atomic E-state index is -4.87. The molecule has 2 bridgehead atoms. The normalized spacial score (nSPS) is 23.8. The molecule has 4 heterocycles. The fourth-order valence-corrected chi connectivity index (χ4v) is 7.62. The van der Waals surface area contributed by atoms with E-state index in [1.165, 1.54) is 36.0 Å². The van der Waals surface area contributed by atoms with E-state index in [9.17, 15) is 23.1 Å². The molecule has 3 aliphatic heterocycles. The van der Waals surface area contributed by atoms with Gasteiger partial charge in [-0.05, 0) is 69.2 Å². The van der Waals surface area contributed by atoms with Crippen molar-refractivity contribution in [1.29, 1.82) is 0 Å². The third-order valence-electron chi connectivity index (χ3n) is 8.49. The largest absolute Gasteiger partial charge is 0.573 e. The summed E-state index contributed by atoms with van der Waals surface area (Å²) >= 11 is 1.38. The zero-order valence-corrected chi connectivity index (χ0v) is 23.1. The first-order valence-corrected chi connectivity index (χ1v) is 14.9. The molecular weight excluding hydrogens is 578 g/mol. The Morgan fingerprint density at radius 3 is 2.74 bits per heavy atom. The summed E-state index contributed by atoms with van der Waals surface area (Å²) in [5.74, 6) is -1.03. The van der Waals surface area contributed by atoms with Crippen LogP contribution in [-0.4, -0.2) is 45.2 Å². The second kappa shape index (κ2) is 10.2. The Kier molecular flexibility index (Phi) is 6.66. The van der Waals surface area contributed by atoms with Crippen LogP contribution in [0.15, 0.2) is 45.8 Å². The standard InChI is InChI=1S/C29H27F4N3O5S/c30-21-12-17(27(37)38)13-23-25(21)35(15-42-23)36-18-4-3-10-28(36,11-9-18)39-14-20-24(34-41-26(20)16-7-8-16)19-5-1-2-6-22(19)40-29(31,32)33/h1-2,5-6,12-13,16,18H,3-4,7-11,14-15H2,(H,37,38)/t18-,28+/m0/s1. The predicted octanol–water partition coefficient (Wildman–Crippen LogP) is 7.30. The minimum Gasteiger partial charge on any atom is -0.478 e. The maximum absolute atomic E-state index is 15.4. The fourth-order valence-electron chi connectivity index (χ4n) is 6.55. The molecule has 7 rings (SSSR count). The average molecular weight is 606 g/mol. The van der Waals surface area contributed by atoms with E-state index in [1.807, 2.05) is 5.01 Å². The molecule has 0 radical (unpaired) electrons. The average Bonchev–Trinajstić information content (AvgIpc) is 3.49. The van der Waals surface area contributed by atoms with Crippen molar-refractivity contribution in [3.05, 3.63) is 59.1 Å². The lowest BCUT2D eigenvalue weighted by Gasteiger charge is -2.49. The van der Waals surface area contributed by atoms with E-state index in [-0.39, 0.29) is 41.1 Å². The highest BCUT2D eigenvalue weighted by atomic mass is 32.2. The molecule has 2 aromatic carbocycles. The lowest BCUT2D eigenvalue weighted by atomic mass is 10.0. The van der Waals surface area contributed by atoms with Gasteiger partial charge in [0.2, 0.25) is 0 Å². The van der Waals surface area contributed by atoms with Crippen LogP contribution in [0, 0.1) is 5.82 Å². The number of ether oxygens (including phenoxy) is 2. The van der Waals surface area contributed by atoms with E-state index in [1.54, 1.807) is 6.07 Å². The summed E-state index contributed by atoms with van der Waals surface area (Å²) < 4.78 is 71.8. The van der Waals surface area contributed by atoms with Gasteiger partial charge in [-0.15, -0.1) is 24.9 Å². The highest BCUT2D eigenvalue weighted by Gasteiger charge is 2.54. The Bertz CT molecular complexity index is 1540. The van der Waals surface area contributed by atoms with Gasteiger partial charge in [-0.3, -0.25) is 5.01 Å². The second-order valence-corrected chi connectivity index (χ2v) is 12.1. The van der Waals surface area contributed by atoms with Crippen LogP contribution >= 0.6 is 11.8 Å². The summed E-state index contributed by atoms with van der Waals surface area (Å²) in [5.41, 5.74) is 0.463. The number of carboxylic acid groups (broad SMARTS) is 1. The van der Waals surface area contributed by atoms with Crippen molar-refractivity contribution in [1.82, 2.24) is 10.2 Å². The van der Waals surface area contributed by atoms with Gasteiger partial charge in [0.15, 0.2) is 0 Å². The van der Waals surface area contributed by atoms with E-state index < -0.39 is 23.9 Å². The van der Waals surface area contributed by atoms with Gasteiger partial charge >= 0.3 is 12.3 Å². The van der Waals surface area contributed by atoms with Crippen molar-refractivity contribution >= 4 is 23.4 Å². The third-order valence-corrected chi connectivity index (χ3v) is 9.49. The first kappa shape index (κ1) is 27.5. The van der Waals surface area contributed by atoms with Crippen molar-refractivity contribution in [3.8, 4) is 17.0 Å². The van der Waals surface area contributed by atoms with E-state index in [2.05, 4.69) is 14.9 Å². The number of alkyl halides is 3. The van der Waals surface area contributed by atoms with Gasteiger partial charge in [0.25, 0.3) is 0 Å². The van der Waals surface area contributed by atoms with E-state index in [0.717, 1.165) is 38.2 Å². The number of aromatic nitrogens is 1. The number of hydrogen-bond acceptors (Lipinski definition) is 8. The van der Waals surface area contributed by atoms with E-state index in [0.29, 0.717) is 40.6 Å². The molecule has 3 aromatic rings. The number of nitrogens with zero attached hydrogens (tertiary/aromatic N) is 3. The van der Waals surface area contributed by atoms with Gasteiger partial charge in [0, 0.05) is 28.0 Å². The number of aromatic carboxylic acids is 1. The van der Waals surface area contributed by atoms with Gasteiger partial charge in [-0.25, -0.2) is 9.18 Å². The molecule has 2 saturated heterocycles. The van der Waals surface area contributed by atoms with Crippen LogP contribution in [0.2, 0.25) is 0 Å². The number of rotatable bonds is 8. The van der Waals surface area contributed by atoms with Crippen LogP contribution in [0.25, 0.3) is 11.3 Å². The van der Waals surface area contributed by atoms with Gasteiger partial charge < -0.3 is 19.1 Å². The highest BCUT2D eigenvalue weighted by Crippen LogP contribution is 2.53. The zero-order chi connectivity index (χ0) is 29.2. The third kappa shape index (κ3) is 4.80. The number of hydrogen-bond donors (Lipinski definition) is 1. The van der Waals surface area contributed by atoms with Crippen LogP contribution in [0.5, 0.6) is 5.75 Å². The Morgan fingerprint density at radius 1 is 1.17 bits per heavy atom. The Labute approximate surface area is 242 Å². The first-order valence-electron chi connectivity index (χ1n) is 13.9. The number of benzene rings is 2. The van der Waals surface area contributed by atoms with Crippen molar-refractivity contribution < 1.29 is 41.5 Å². The Hall–Kier alpha value is -3.29. The molecule has 42 heavy (non-hydrogen) atoms. The van der Waals surface area contributed by atoms with Gasteiger partial charge in [0.05, 0.1) is 18.0 Å². The SMILES string of the molecule is O=C(O)c1cc(F)c2c(c1)SCN2N1[C@H]2CCC[C@@]1(OCc1c(-c3ccccc3OC(F)(F)F)noc1C1CC1)CC2. The van der Waals surface area contributed by atoms with Crippen LogP contribution < -0.4 is 9.75 Å². The lowest BCUT2D eigenvalue weighted by molar-refractivity contribution is -0.274. The minimum absolute atomic E-state index is 0.0442. The van der Waals surface area contributed by atoms with Crippen LogP contribution in [0.1, 0.15) is 72.5 Å². The summed E-state index contributed by atoms with van der Waals surface area (Å²) in [4.78, 5) is 12.1. The number of fused-ring (bicyclic) bond motifs is 3. The number of thioether (sulfide) groups is 1. The van der Waals surface area contributed by atoms with Crippen LogP contribution in [0.4, 0.5) is 23.2 Å². The molecule has 8 nitrogen and oxygen atoms in total. The number of piperidine rings is 1. The molecule has 2 atom stereocenters. The molecule has 1 N–H and O–H groups in total. The van der Waals surface area contributed by atoms with Crippen molar-refractivity contribution in [2.45, 2.75) is 80.5 Å². The molecule has 1 aromatic heterocycles. The number of para-hydroxylation sites is 1. The molecule has 0 spiro atoms. The lowest BCUT2D eigenvalue weighted by Crippen LogP contribution is -2.59. The van der Waals surface area contributed by atoms with E-state index in [4.69, 9.17) is 9.26 Å². The maximum Gasteiger partial charge on any atom is 0.573 e. The number of hydrazine groups is 1. The predicted molar refractivity (Wildman–Crippen MR) is 143 cm³/mol. The maximum atomic E-state index is 15.4. The summed E-state index contributed by atoms with van der Waals surface area (Å²) in [6.07, 6.45) is 0.925. The van der Waals surface area contributed by atoms with Crippen LogP contribution in [0.3, 0.4) is 0 Å². The van der Waals surface area contributed by atoms with Crippen LogP contribution in [-0.2, 0) is 11.3 Å². The molecular formula is C29H27F4N3O5S. The van der Waals surface area contributed by atoms with Crippen molar-refractivity contribution in [2.75, 3.05) is 10.9 Å². The second-order valence-electron chi connectivity index (χ2n) is 11.1. The summed E-state index contributed by atoms with van der Waals surface area (Å²) in [5, 5.41) is 17.6. The molecule has 222 valence electrons. The molecule has 4 aliphatic rings. The number of anilines is 1. The molecule has 3 fully saturated rings. The molecule has 1 aliphatic carbocycles. The summed E-state index contributed by atoms with van der Waals surface area (Å²) in [7, 11) is 0. The highest BCUT2D eigenvalue weighted by molar-refractivity contribution is 7.99. The quantitative estimate of drug-likeness (QED) is 0.266. The van der Waals surface area contributed by atoms with Crippen molar-refractivity contribution in [3.63, 3.8) is 0 Å². The molecule has 0 unspecified atom stereocenters. The summed E-state index contributed by atoms with van der Waals surface area (Å²) in [6, 6.07) is 8.49. The monoisotopic (exact) mass is 605 g/mol. The zero-order valence-electron chi connectivity index (χ0n) is 22.3. The molecule has 13 heteroatoms. The number of halogens is 4. The Morgan fingerprint density at radius 2 is 1.98 bits per heavy atom. The number of carboxylic acids is 1.